The van der Waals surface area contributed by atoms with Crippen molar-refractivity contribution in [2.75, 3.05) is 25.5 Å². The highest BCUT2D eigenvalue weighted by Gasteiger charge is 2.29. The maximum absolute atomic E-state index is 11.0. The minimum absolute atomic E-state index is 0.151. The molecule has 1 heterocycles. The highest BCUT2D eigenvalue weighted by Crippen LogP contribution is 2.31. The highest BCUT2D eigenvalue weighted by atomic mass is 16.6. The summed E-state index contributed by atoms with van der Waals surface area (Å²) < 4.78 is 0. The smallest absolute Gasteiger partial charge is 0.292 e. The third-order valence-electron chi connectivity index (χ3n) is 3.69. The molecule has 1 aliphatic heterocycles. The monoisotopic (exact) mass is 263 g/mol. The van der Waals surface area contributed by atoms with E-state index >= 15 is 0 Å². The van der Waals surface area contributed by atoms with Gasteiger partial charge in [-0.05, 0) is 30.0 Å². The second-order valence-electron chi connectivity index (χ2n) is 5.98. The third kappa shape index (κ3) is 3.23. The molecule has 2 rings (SSSR count). The van der Waals surface area contributed by atoms with Crippen LogP contribution in [0.2, 0.25) is 0 Å². The lowest BCUT2D eigenvalue weighted by Crippen LogP contribution is -2.22. The first-order valence-corrected chi connectivity index (χ1v) is 6.59. The molecule has 0 atom stereocenters. The molecule has 0 aliphatic carbocycles. The van der Waals surface area contributed by atoms with E-state index in [9.17, 15) is 10.1 Å². The molecule has 1 fully saturated rings. The van der Waals surface area contributed by atoms with E-state index in [2.05, 4.69) is 24.1 Å². The topological polar surface area (TPSA) is 58.4 Å². The van der Waals surface area contributed by atoms with E-state index in [1.807, 2.05) is 6.07 Å². The first kappa shape index (κ1) is 13.8. The van der Waals surface area contributed by atoms with Crippen molar-refractivity contribution >= 4 is 11.4 Å². The molecule has 1 aromatic carbocycles. The minimum atomic E-state index is -0.330. The molecule has 1 N–H and O–H groups in total. The number of benzene rings is 1. The van der Waals surface area contributed by atoms with Crippen LogP contribution in [0.15, 0.2) is 18.2 Å². The number of hydrogen-bond donors (Lipinski definition) is 1. The molecule has 0 aromatic heterocycles. The Balaban J connectivity index is 2.13. The molecule has 1 saturated heterocycles. The molecular weight excluding hydrogens is 242 g/mol. The van der Waals surface area contributed by atoms with Crippen LogP contribution in [-0.2, 0) is 6.54 Å². The summed E-state index contributed by atoms with van der Waals surface area (Å²) in [6.45, 7) is 7.43. The summed E-state index contributed by atoms with van der Waals surface area (Å²) in [7, 11) is 1.70. The molecule has 0 radical (unpaired) electrons. The summed E-state index contributed by atoms with van der Waals surface area (Å²) in [6, 6.07) is 5.43. The van der Waals surface area contributed by atoms with E-state index < -0.39 is 0 Å². The Kier molecular flexibility index (Phi) is 3.75. The number of nitrogens with one attached hydrogen (secondary N) is 1. The number of nitrogens with zero attached hydrogens (tertiary/aromatic N) is 2. The van der Waals surface area contributed by atoms with Gasteiger partial charge in [0.05, 0.1) is 4.92 Å². The fourth-order valence-electron chi connectivity index (χ4n) is 2.66. The molecular formula is C14H21N3O2. The molecule has 0 spiro atoms. The summed E-state index contributed by atoms with van der Waals surface area (Å²) in [5.74, 6) is 0. The molecule has 0 amide bonds. The molecule has 5 heteroatoms. The van der Waals surface area contributed by atoms with Gasteiger partial charge in [-0.3, -0.25) is 15.0 Å². The zero-order chi connectivity index (χ0) is 14.0. The van der Waals surface area contributed by atoms with Crippen molar-refractivity contribution in [2.45, 2.75) is 26.8 Å². The Morgan fingerprint density at radius 3 is 2.74 bits per heavy atom. The van der Waals surface area contributed by atoms with Gasteiger partial charge >= 0.3 is 0 Å². The Labute approximate surface area is 113 Å². The van der Waals surface area contributed by atoms with Crippen LogP contribution in [0.25, 0.3) is 0 Å². The van der Waals surface area contributed by atoms with Crippen LogP contribution < -0.4 is 5.32 Å². The molecule has 5 nitrogen and oxygen atoms in total. The van der Waals surface area contributed by atoms with Gasteiger partial charge in [-0.2, -0.15) is 0 Å². The summed E-state index contributed by atoms with van der Waals surface area (Å²) in [5.41, 5.74) is 2.08. The van der Waals surface area contributed by atoms with E-state index in [0.717, 1.165) is 25.2 Å². The first-order valence-electron chi connectivity index (χ1n) is 6.59. The van der Waals surface area contributed by atoms with Gasteiger partial charge in [0.25, 0.3) is 5.69 Å². The van der Waals surface area contributed by atoms with E-state index in [1.54, 1.807) is 19.2 Å². The zero-order valence-corrected chi connectivity index (χ0v) is 11.8. The van der Waals surface area contributed by atoms with E-state index in [0.29, 0.717) is 11.1 Å². The number of hydrogen-bond acceptors (Lipinski definition) is 4. The number of nitro benzene ring substituents is 1. The standard InChI is InChI=1S/C14H21N3O2/c1-14(2)6-7-16(10-14)9-11-4-5-12(15-3)13(8-11)17(18)19/h4-5,8,15H,6-7,9-10H2,1-3H3. The minimum Gasteiger partial charge on any atom is -0.383 e. The third-order valence-corrected chi connectivity index (χ3v) is 3.69. The van der Waals surface area contributed by atoms with Crippen molar-refractivity contribution in [3.63, 3.8) is 0 Å². The van der Waals surface area contributed by atoms with E-state index in [1.165, 1.54) is 6.42 Å². The highest BCUT2D eigenvalue weighted by molar-refractivity contribution is 5.62. The quantitative estimate of drug-likeness (QED) is 0.670. The molecule has 104 valence electrons. The van der Waals surface area contributed by atoms with Crippen molar-refractivity contribution in [1.82, 2.24) is 4.90 Å². The number of anilines is 1. The predicted molar refractivity (Wildman–Crippen MR) is 76.3 cm³/mol. The normalized spacial score (nSPS) is 18.5. The Morgan fingerprint density at radius 1 is 1.47 bits per heavy atom. The average Bonchev–Trinajstić information content (AvgIpc) is 2.68. The molecule has 19 heavy (non-hydrogen) atoms. The van der Waals surface area contributed by atoms with Crippen LogP contribution in [0.5, 0.6) is 0 Å². The van der Waals surface area contributed by atoms with Gasteiger partial charge in [0, 0.05) is 26.2 Å². The van der Waals surface area contributed by atoms with Gasteiger partial charge in [-0.1, -0.05) is 19.9 Å². The molecule has 0 unspecified atom stereocenters. The molecule has 1 aromatic rings. The Hall–Kier alpha value is -1.62. The maximum atomic E-state index is 11.0. The predicted octanol–water partition coefficient (Wildman–Crippen LogP) is 2.87. The van der Waals surface area contributed by atoms with Crippen molar-refractivity contribution in [1.29, 1.82) is 0 Å². The van der Waals surface area contributed by atoms with Crippen LogP contribution in [-0.4, -0.2) is 30.0 Å². The number of rotatable bonds is 4. The Morgan fingerprint density at radius 2 is 2.21 bits per heavy atom. The van der Waals surface area contributed by atoms with E-state index in [-0.39, 0.29) is 10.6 Å². The van der Waals surface area contributed by atoms with Crippen LogP contribution in [0.3, 0.4) is 0 Å². The van der Waals surface area contributed by atoms with E-state index in [4.69, 9.17) is 0 Å². The summed E-state index contributed by atoms with van der Waals surface area (Å²) in [4.78, 5) is 13.1. The molecule has 0 bridgehead atoms. The van der Waals surface area contributed by atoms with Gasteiger partial charge in [0.2, 0.25) is 0 Å². The summed E-state index contributed by atoms with van der Waals surface area (Å²) >= 11 is 0. The van der Waals surface area contributed by atoms with Gasteiger partial charge in [-0.25, -0.2) is 0 Å². The van der Waals surface area contributed by atoms with Crippen molar-refractivity contribution < 1.29 is 4.92 Å². The SMILES string of the molecule is CNc1ccc(CN2CCC(C)(C)C2)cc1[N+](=O)[O-]. The summed E-state index contributed by atoms with van der Waals surface area (Å²) in [6.07, 6.45) is 1.18. The van der Waals surface area contributed by atoms with Crippen molar-refractivity contribution in [3.05, 3.63) is 33.9 Å². The maximum Gasteiger partial charge on any atom is 0.292 e. The number of likely N-dealkylation sites (tertiary alicyclic amines) is 1. The van der Waals surface area contributed by atoms with Crippen LogP contribution >= 0.6 is 0 Å². The summed E-state index contributed by atoms with van der Waals surface area (Å²) in [5, 5.41) is 13.9. The second kappa shape index (κ2) is 5.17. The number of nitro groups is 1. The molecule has 1 aliphatic rings. The van der Waals surface area contributed by atoms with Gasteiger partial charge < -0.3 is 5.32 Å². The van der Waals surface area contributed by atoms with Gasteiger partial charge in [0.15, 0.2) is 0 Å². The zero-order valence-electron chi connectivity index (χ0n) is 11.8. The average molecular weight is 263 g/mol. The lowest BCUT2D eigenvalue weighted by molar-refractivity contribution is -0.384. The Bertz CT molecular complexity index is 486. The van der Waals surface area contributed by atoms with Gasteiger partial charge in [0.1, 0.15) is 5.69 Å². The lowest BCUT2D eigenvalue weighted by atomic mass is 9.93. The first-order chi connectivity index (χ1) is 8.91. The van der Waals surface area contributed by atoms with Crippen LogP contribution in [0.1, 0.15) is 25.8 Å². The fraction of sp³-hybridized carbons (Fsp3) is 0.571. The molecule has 0 saturated carbocycles. The van der Waals surface area contributed by atoms with Crippen LogP contribution in [0.4, 0.5) is 11.4 Å². The van der Waals surface area contributed by atoms with Gasteiger partial charge in [-0.15, -0.1) is 0 Å². The van der Waals surface area contributed by atoms with Crippen molar-refractivity contribution in [2.24, 2.45) is 5.41 Å². The second-order valence-corrected chi connectivity index (χ2v) is 5.98. The van der Waals surface area contributed by atoms with Crippen LogP contribution in [0, 0.1) is 15.5 Å². The largest absolute Gasteiger partial charge is 0.383 e. The van der Waals surface area contributed by atoms with Crippen molar-refractivity contribution in [3.8, 4) is 0 Å². The lowest BCUT2D eigenvalue weighted by Gasteiger charge is -2.19. The fourth-order valence-corrected chi connectivity index (χ4v) is 2.66.